The number of carbonyl (C=O) groups is 1. The Labute approximate surface area is 109 Å². The second-order valence-electron chi connectivity index (χ2n) is 6.55. The van der Waals surface area contributed by atoms with Crippen molar-refractivity contribution < 1.29 is 9.53 Å². The van der Waals surface area contributed by atoms with Gasteiger partial charge in [-0.25, -0.2) is 0 Å². The zero-order valence-electron chi connectivity index (χ0n) is 12.0. The Hall–Kier alpha value is -1.31. The molecule has 0 heterocycles. The maximum atomic E-state index is 12.5. The standard InChI is InChI=1S/C16H22O2/c1-15(2,3)11-6-7-13(18-5)12(10-11)14(17)16(4)8-9-16/h6-7,10H,8-9H2,1-5H3. The number of ether oxygens (including phenoxy) is 1. The molecule has 1 fully saturated rings. The predicted molar refractivity (Wildman–Crippen MR) is 73.4 cm³/mol. The molecule has 0 saturated heterocycles. The molecule has 0 amide bonds. The average Bonchev–Trinajstić information content (AvgIpc) is 3.05. The van der Waals surface area contributed by atoms with Crippen molar-refractivity contribution >= 4 is 5.78 Å². The first-order valence-electron chi connectivity index (χ1n) is 6.51. The minimum absolute atomic E-state index is 0.0474. The van der Waals surface area contributed by atoms with Crippen molar-refractivity contribution in [2.24, 2.45) is 5.41 Å². The number of benzene rings is 1. The molecule has 2 heteroatoms. The lowest BCUT2D eigenvalue weighted by Crippen LogP contribution is -2.16. The summed E-state index contributed by atoms with van der Waals surface area (Å²) in [6, 6.07) is 5.97. The maximum Gasteiger partial charge on any atom is 0.172 e. The summed E-state index contributed by atoms with van der Waals surface area (Å²) in [5.74, 6) is 0.923. The molecule has 18 heavy (non-hydrogen) atoms. The van der Waals surface area contributed by atoms with Crippen LogP contribution in [0.3, 0.4) is 0 Å². The molecule has 0 aliphatic heterocycles. The normalized spacial score (nSPS) is 17.4. The van der Waals surface area contributed by atoms with Crippen LogP contribution in [0.5, 0.6) is 5.75 Å². The third kappa shape index (κ3) is 2.29. The van der Waals surface area contributed by atoms with Gasteiger partial charge in [0.2, 0.25) is 0 Å². The first kappa shape index (κ1) is 13.1. The van der Waals surface area contributed by atoms with Gasteiger partial charge in [-0.2, -0.15) is 0 Å². The summed E-state index contributed by atoms with van der Waals surface area (Å²) in [5, 5.41) is 0. The van der Waals surface area contributed by atoms with Gasteiger partial charge in [0, 0.05) is 5.41 Å². The molecule has 0 bridgehead atoms. The molecule has 0 N–H and O–H groups in total. The molecule has 1 aliphatic rings. The summed E-state index contributed by atoms with van der Waals surface area (Å²) in [6.45, 7) is 8.50. The van der Waals surface area contributed by atoms with E-state index >= 15 is 0 Å². The zero-order valence-corrected chi connectivity index (χ0v) is 12.0. The van der Waals surface area contributed by atoms with Crippen molar-refractivity contribution in [3.05, 3.63) is 29.3 Å². The van der Waals surface area contributed by atoms with Crippen LogP contribution in [0.2, 0.25) is 0 Å². The van der Waals surface area contributed by atoms with E-state index in [1.807, 2.05) is 25.1 Å². The van der Waals surface area contributed by atoms with Crippen LogP contribution in [0, 0.1) is 5.41 Å². The van der Waals surface area contributed by atoms with Gasteiger partial charge in [0.25, 0.3) is 0 Å². The van der Waals surface area contributed by atoms with Crippen molar-refractivity contribution in [2.45, 2.75) is 46.0 Å². The fourth-order valence-corrected chi connectivity index (χ4v) is 2.09. The maximum absolute atomic E-state index is 12.5. The first-order valence-corrected chi connectivity index (χ1v) is 6.51. The molecule has 98 valence electrons. The average molecular weight is 246 g/mol. The molecule has 2 rings (SSSR count). The number of methoxy groups -OCH3 is 1. The molecule has 1 saturated carbocycles. The van der Waals surface area contributed by atoms with Gasteiger partial charge in [0.1, 0.15) is 5.75 Å². The van der Waals surface area contributed by atoms with Crippen molar-refractivity contribution in [1.82, 2.24) is 0 Å². The SMILES string of the molecule is COc1ccc(C(C)(C)C)cc1C(=O)C1(C)CC1. The topological polar surface area (TPSA) is 26.3 Å². The molecular weight excluding hydrogens is 224 g/mol. The molecule has 1 aliphatic carbocycles. The third-order valence-electron chi connectivity index (χ3n) is 3.86. The summed E-state index contributed by atoms with van der Waals surface area (Å²) < 4.78 is 5.34. The van der Waals surface area contributed by atoms with Crippen LogP contribution in [0.15, 0.2) is 18.2 Å². The van der Waals surface area contributed by atoms with Crippen molar-refractivity contribution in [3.63, 3.8) is 0 Å². The van der Waals surface area contributed by atoms with Crippen molar-refractivity contribution in [2.75, 3.05) is 7.11 Å². The largest absolute Gasteiger partial charge is 0.496 e. The highest BCUT2D eigenvalue weighted by Gasteiger charge is 2.46. The molecule has 0 atom stereocenters. The fraction of sp³-hybridized carbons (Fsp3) is 0.562. The Bertz CT molecular complexity index is 476. The molecule has 0 radical (unpaired) electrons. The van der Waals surface area contributed by atoms with Gasteiger partial charge in [-0.05, 0) is 36.0 Å². The fourth-order valence-electron chi connectivity index (χ4n) is 2.09. The van der Waals surface area contributed by atoms with Gasteiger partial charge in [-0.15, -0.1) is 0 Å². The van der Waals surface area contributed by atoms with Gasteiger partial charge in [0.05, 0.1) is 12.7 Å². The Morgan fingerprint density at radius 2 is 1.89 bits per heavy atom. The van der Waals surface area contributed by atoms with Crippen LogP contribution in [0.25, 0.3) is 0 Å². The van der Waals surface area contributed by atoms with E-state index in [4.69, 9.17) is 4.74 Å². The Morgan fingerprint density at radius 3 is 2.33 bits per heavy atom. The van der Waals surface area contributed by atoms with E-state index in [2.05, 4.69) is 20.8 Å². The van der Waals surface area contributed by atoms with Gasteiger partial charge in [0.15, 0.2) is 5.78 Å². The zero-order chi connectivity index (χ0) is 13.6. The Morgan fingerprint density at radius 1 is 1.28 bits per heavy atom. The van der Waals surface area contributed by atoms with Gasteiger partial charge in [-0.1, -0.05) is 33.8 Å². The van der Waals surface area contributed by atoms with E-state index in [1.165, 1.54) is 5.56 Å². The minimum Gasteiger partial charge on any atom is -0.496 e. The smallest absolute Gasteiger partial charge is 0.172 e. The van der Waals surface area contributed by atoms with Gasteiger partial charge in [-0.3, -0.25) is 4.79 Å². The second kappa shape index (κ2) is 4.11. The van der Waals surface area contributed by atoms with Crippen LogP contribution in [0.1, 0.15) is 56.5 Å². The lowest BCUT2D eigenvalue weighted by atomic mass is 9.84. The van der Waals surface area contributed by atoms with Crippen LogP contribution < -0.4 is 4.74 Å². The van der Waals surface area contributed by atoms with Crippen LogP contribution >= 0.6 is 0 Å². The predicted octanol–water partition coefficient (Wildman–Crippen LogP) is 3.98. The Kier molecular flexibility index (Phi) is 3.00. The molecule has 0 spiro atoms. The van der Waals surface area contributed by atoms with E-state index in [9.17, 15) is 4.79 Å². The summed E-state index contributed by atoms with van der Waals surface area (Å²) in [6.07, 6.45) is 1.99. The van der Waals surface area contributed by atoms with Crippen LogP contribution in [-0.4, -0.2) is 12.9 Å². The van der Waals surface area contributed by atoms with Crippen molar-refractivity contribution in [3.8, 4) is 5.75 Å². The molecule has 1 aromatic carbocycles. The molecule has 0 aromatic heterocycles. The van der Waals surface area contributed by atoms with E-state index < -0.39 is 0 Å². The quantitative estimate of drug-likeness (QED) is 0.754. The summed E-state index contributed by atoms with van der Waals surface area (Å²) in [4.78, 5) is 12.5. The van der Waals surface area contributed by atoms with E-state index in [0.717, 1.165) is 18.4 Å². The molecule has 2 nitrogen and oxygen atoms in total. The highest BCUT2D eigenvalue weighted by molar-refractivity contribution is 6.04. The third-order valence-corrected chi connectivity index (χ3v) is 3.86. The molecule has 1 aromatic rings. The lowest BCUT2D eigenvalue weighted by molar-refractivity contribution is 0.0909. The van der Waals surface area contributed by atoms with E-state index in [-0.39, 0.29) is 16.6 Å². The Balaban J connectivity index is 2.46. The minimum atomic E-state index is -0.149. The number of Topliss-reactive ketones (excluding diaryl/α,β-unsaturated/α-hetero) is 1. The first-order chi connectivity index (χ1) is 8.28. The monoisotopic (exact) mass is 246 g/mol. The number of carbonyl (C=O) groups excluding carboxylic acids is 1. The van der Waals surface area contributed by atoms with Gasteiger partial charge >= 0.3 is 0 Å². The van der Waals surface area contributed by atoms with E-state index in [1.54, 1.807) is 7.11 Å². The van der Waals surface area contributed by atoms with Crippen molar-refractivity contribution in [1.29, 1.82) is 0 Å². The van der Waals surface area contributed by atoms with E-state index in [0.29, 0.717) is 5.75 Å². The second-order valence-corrected chi connectivity index (χ2v) is 6.55. The number of ketones is 1. The lowest BCUT2D eigenvalue weighted by Gasteiger charge is -2.21. The summed E-state index contributed by atoms with van der Waals surface area (Å²) in [7, 11) is 1.62. The number of hydrogen-bond acceptors (Lipinski definition) is 2. The number of rotatable bonds is 3. The van der Waals surface area contributed by atoms with Gasteiger partial charge < -0.3 is 4.74 Å². The highest BCUT2D eigenvalue weighted by atomic mass is 16.5. The summed E-state index contributed by atoms with van der Waals surface area (Å²) >= 11 is 0. The summed E-state index contributed by atoms with van der Waals surface area (Å²) in [5.41, 5.74) is 1.82. The number of hydrogen-bond donors (Lipinski definition) is 0. The molecule has 0 unspecified atom stereocenters. The highest BCUT2D eigenvalue weighted by Crippen LogP contribution is 2.49. The molecular formula is C16H22O2. The van der Waals surface area contributed by atoms with Crippen LogP contribution in [-0.2, 0) is 5.41 Å². The van der Waals surface area contributed by atoms with Crippen LogP contribution in [0.4, 0.5) is 0 Å².